The molecule has 0 unspecified atom stereocenters. The summed E-state index contributed by atoms with van der Waals surface area (Å²) in [6, 6.07) is 9.24. The fraction of sp³-hybridized carbons (Fsp3) is 0.267. The third kappa shape index (κ3) is 3.56. The van der Waals surface area contributed by atoms with Crippen LogP contribution in [0, 0.1) is 11.3 Å². The van der Waals surface area contributed by atoms with Crippen LogP contribution in [0.15, 0.2) is 35.7 Å². The van der Waals surface area contributed by atoms with Gasteiger partial charge in [-0.25, -0.2) is 0 Å². The predicted octanol–water partition coefficient (Wildman–Crippen LogP) is 4.67. The lowest BCUT2D eigenvalue weighted by molar-refractivity contribution is -0.137. The Morgan fingerprint density at radius 2 is 2.05 bits per heavy atom. The molecule has 0 aliphatic rings. The van der Waals surface area contributed by atoms with Gasteiger partial charge in [0.2, 0.25) is 0 Å². The van der Waals surface area contributed by atoms with Crippen molar-refractivity contribution in [3.63, 3.8) is 0 Å². The van der Waals surface area contributed by atoms with Gasteiger partial charge in [0.15, 0.2) is 0 Å². The van der Waals surface area contributed by atoms with E-state index in [2.05, 4.69) is 0 Å². The van der Waals surface area contributed by atoms with E-state index in [4.69, 9.17) is 5.26 Å². The fourth-order valence-electron chi connectivity index (χ4n) is 2.04. The van der Waals surface area contributed by atoms with Crippen LogP contribution in [-0.2, 0) is 12.7 Å². The molecule has 0 amide bonds. The molecular formula is C15H13F3N2S. The molecule has 2 nitrogen and oxygen atoms in total. The minimum Gasteiger partial charge on any atom is -0.367 e. The Balaban J connectivity index is 2.33. The first kappa shape index (κ1) is 15.4. The molecule has 0 bridgehead atoms. The van der Waals surface area contributed by atoms with Gasteiger partial charge in [0.1, 0.15) is 0 Å². The maximum absolute atomic E-state index is 12.8. The number of thiophene rings is 1. The summed E-state index contributed by atoms with van der Waals surface area (Å²) in [4.78, 5) is 3.06. The second-order valence-electron chi connectivity index (χ2n) is 4.43. The van der Waals surface area contributed by atoms with Crippen LogP contribution in [0.4, 0.5) is 18.9 Å². The van der Waals surface area contributed by atoms with Gasteiger partial charge in [-0.2, -0.15) is 18.4 Å². The van der Waals surface area contributed by atoms with E-state index in [-0.39, 0.29) is 5.56 Å². The molecule has 1 aromatic carbocycles. The number of hydrogen-bond acceptors (Lipinski definition) is 3. The zero-order valence-electron chi connectivity index (χ0n) is 11.3. The van der Waals surface area contributed by atoms with Gasteiger partial charge >= 0.3 is 6.18 Å². The SMILES string of the molecule is CCN(Cc1cccs1)c1ccc(C(F)(F)F)c(C#N)c1. The highest BCUT2D eigenvalue weighted by atomic mass is 32.1. The van der Waals surface area contributed by atoms with Gasteiger partial charge in [-0.3, -0.25) is 0 Å². The highest BCUT2D eigenvalue weighted by Crippen LogP contribution is 2.34. The van der Waals surface area contributed by atoms with Crippen molar-refractivity contribution in [3.05, 3.63) is 51.7 Å². The quantitative estimate of drug-likeness (QED) is 0.821. The Labute approximate surface area is 125 Å². The molecule has 2 aromatic rings. The summed E-state index contributed by atoms with van der Waals surface area (Å²) in [5, 5.41) is 10.9. The molecule has 0 aliphatic carbocycles. The molecule has 0 saturated heterocycles. The maximum Gasteiger partial charge on any atom is 0.417 e. The molecule has 21 heavy (non-hydrogen) atoms. The number of halogens is 3. The van der Waals surface area contributed by atoms with Crippen molar-refractivity contribution in [2.24, 2.45) is 0 Å². The Morgan fingerprint density at radius 3 is 2.57 bits per heavy atom. The molecule has 0 spiro atoms. The van der Waals surface area contributed by atoms with Gasteiger partial charge in [-0.1, -0.05) is 6.07 Å². The van der Waals surface area contributed by atoms with E-state index in [9.17, 15) is 13.2 Å². The predicted molar refractivity (Wildman–Crippen MR) is 77.2 cm³/mol. The summed E-state index contributed by atoms with van der Waals surface area (Å²) in [6.45, 7) is 3.19. The average molecular weight is 310 g/mol. The Morgan fingerprint density at radius 1 is 1.29 bits per heavy atom. The van der Waals surface area contributed by atoms with Gasteiger partial charge in [0.25, 0.3) is 0 Å². The molecule has 0 aliphatic heterocycles. The molecule has 0 fully saturated rings. The van der Waals surface area contributed by atoms with Gasteiger partial charge in [-0.05, 0) is 36.6 Å². The molecular weight excluding hydrogens is 297 g/mol. The lowest BCUT2D eigenvalue weighted by Gasteiger charge is -2.23. The van der Waals surface area contributed by atoms with Crippen molar-refractivity contribution in [3.8, 4) is 6.07 Å². The number of hydrogen-bond donors (Lipinski definition) is 0. The first-order chi connectivity index (χ1) is 9.95. The summed E-state index contributed by atoms with van der Waals surface area (Å²) in [5.41, 5.74) is -0.610. The van der Waals surface area contributed by atoms with Crippen molar-refractivity contribution in [1.82, 2.24) is 0 Å². The van der Waals surface area contributed by atoms with Crippen molar-refractivity contribution in [2.75, 3.05) is 11.4 Å². The number of benzene rings is 1. The highest BCUT2D eigenvalue weighted by molar-refractivity contribution is 7.09. The van der Waals surface area contributed by atoms with Crippen molar-refractivity contribution < 1.29 is 13.2 Å². The Kier molecular flexibility index (Phi) is 4.53. The first-order valence-corrected chi connectivity index (χ1v) is 7.22. The molecule has 2 rings (SSSR count). The van der Waals surface area contributed by atoms with Crippen molar-refractivity contribution >= 4 is 17.0 Å². The van der Waals surface area contributed by atoms with Crippen LogP contribution in [0.5, 0.6) is 0 Å². The lowest BCUT2D eigenvalue weighted by Crippen LogP contribution is -2.22. The standard InChI is InChI=1S/C15H13F3N2S/c1-2-20(10-13-4-3-7-21-13)12-5-6-14(15(16,17)18)11(8-12)9-19/h3-8H,2,10H2,1H3. The second-order valence-corrected chi connectivity index (χ2v) is 5.47. The molecule has 1 heterocycles. The largest absolute Gasteiger partial charge is 0.417 e. The second kappa shape index (κ2) is 6.19. The Bertz CT molecular complexity index is 642. The lowest BCUT2D eigenvalue weighted by atomic mass is 10.1. The highest BCUT2D eigenvalue weighted by Gasteiger charge is 2.33. The zero-order valence-corrected chi connectivity index (χ0v) is 12.1. The summed E-state index contributed by atoms with van der Waals surface area (Å²) in [7, 11) is 0. The number of rotatable bonds is 4. The molecule has 6 heteroatoms. The number of anilines is 1. The Hall–Kier alpha value is -2.00. The third-order valence-corrected chi connectivity index (χ3v) is 3.96. The van der Waals surface area contributed by atoms with E-state index in [1.54, 1.807) is 17.4 Å². The summed E-state index contributed by atoms with van der Waals surface area (Å²) >= 11 is 1.59. The molecule has 1 aromatic heterocycles. The van der Waals surface area contributed by atoms with Gasteiger partial charge in [0.05, 0.1) is 23.7 Å². The topological polar surface area (TPSA) is 27.0 Å². The summed E-state index contributed by atoms with van der Waals surface area (Å²) < 4.78 is 38.4. The monoisotopic (exact) mass is 310 g/mol. The third-order valence-electron chi connectivity index (χ3n) is 3.10. The average Bonchev–Trinajstić information content (AvgIpc) is 2.96. The maximum atomic E-state index is 12.8. The summed E-state index contributed by atoms with van der Waals surface area (Å²) in [6.07, 6.45) is -4.51. The molecule has 0 N–H and O–H groups in total. The smallest absolute Gasteiger partial charge is 0.367 e. The van der Waals surface area contributed by atoms with Crippen molar-refractivity contribution in [2.45, 2.75) is 19.6 Å². The molecule has 0 atom stereocenters. The van der Waals surface area contributed by atoms with E-state index in [1.165, 1.54) is 12.1 Å². The zero-order chi connectivity index (χ0) is 15.5. The van der Waals surface area contributed by atoms with Crippen LogP contribution >= 0.6 is 11.3 Å². The first-order valence-electron chi connectivity index (χ1n) is 6.34. The number of nitriles is 1. The van der Waals surface area contributed by atoms with E-state index >= 15 is 0 Å². The number of nitrogens with zero attached hydrogens (tertiary/aromatic N) is 2. The van der Waals surface area contributed by atoms with E-state index in [0.717, 1.165) is 10.9 Å². The molecule has 0 radical (unpaired) electrons. The van der Waals surface area contributed by atoms with E-state index in [0.29, 0.717) is 18.8 Å². The number of alkyl halides is 3. The fourth-order valence-corrected chi connectivity index (χ4v) is 2.76. The van der Waals surface area contributed by atoms with Crippen molar-refractivity contribution in [1.29, 1.82) is 5.26 Å². The van der Waals surface area contributed by atoms with Crippen LogP contribution in [-0.4, -0.2) is 6.54 Å². The van der Waals surface area contributed by atoms with Crippen LogP contribution in [0.25, 0.3) is 0 Å². The van der Waals surface area contributed by atoms with Gasteiger partial charge < -0.3 is 4.90 Å². The van der Waals surface area contributed by atoms with Crippen LogP contribution < -0.4 is 4.90 Å². The minimum atomic E-state index is -4.51. The van der Waals surface area contributed by atoms with Gasteiger partial charge in [-0.15, -0.1) is 11.3 Å². The normalized spacial score (nSPS) is 11.2. The molecule has 0 saturated carbocycles. The minimum absolute atomic E-state index is 0.343. The van der Waals surface area contributed by atoms with E-state index in [1.807, 2.05) is 29.3 Å². The van der Waals surface area contributed by atoms with E-state index < -0.39 is 11.7 Å². The van der Waals surface area contributed by atoms with Gasteiger partial charge in [0, 0.05) is 17.1 Å². The van der Waals surface area contributed by atoms with Crippen LogP contribution in [0.2, 0.25) is 0 Å². The molecule has 110 valence electrons. The summed E-state index contributed by atoms with van der Waals surface area (Å²) in [5.74, 6) is 0. The van der Waals surface area contributed by atoms with Crippen LogP contribution in [0.3, 0.4) is 0 Å². The van der Waals surface area contributed by atoms with Crippen LogP contribution in [0.1, 0.15) is 22.9 Å².